The third-order valence-electron chi connectivity index (χ3n) is 3.08. The Hall–Kier alpha value is -1.30. The molecule has 1 atom stereocenters. The van der Waals surface area contributed by atoms with Gasteiger partial charge in [0.2, 0.25) is 0 Å². The molecule has 0 rings (SSSR count). The Labute approximate surface area is 140 Å². The zero-order chi connectivity index (χ0) is 17.8. The Morgan fingerprint density at radius 2 is 1.55 bits per heavy atom. The Morgan fingerprint density at radius 1 is 1.00 bits per heavy atom. The molecule has 0 spiro atoms. The first-order valence-corrected chi connectivity index (χ1v) is 8.42. The Bertz CT molecular complexity index is 394. The summed E-state index contributed by atoms with van der Waals surface area (Å²) in [6.45, 7) is 25.2. The van der Waals surface area contributed by atoms with Crippen LogP contribution in [0.2, 0.25) is 0 Å². The standard InChI is InChI=1S/C20H32.C2H6/c1-9-11-13-18(12-10-2)17(3)14-15-20(7,8)16-19(4,5)6;1-2/h9-15,17H,1-2,16H2,3-8H3;1-2H3/b13-11-,15-14+,18-12+;. The summed E-state index contributed by atoms with van der Waals surface area (Å²) in [7, 11) is 0. The lowest BCUT2D eigenvalue weighted by atomic mass is 9.75. The zero-order valence-corrected chi connectivity index (χ0v) is 16.2. The summed E-state index contributed by atoms with van der Waals surface area (Å²) >= 11 is 0. The van der Waals surface area contributed by atoms with Crippen LogP contribution in [0.3, 0.4) is 0 Å². The molecule has 0 saturated heterocycles. The first-order chi connectivity index (χ1) is 10.1. The molecule has 0 aromatic carbocycles. The van der Waals surface area contributed by atoms with E-state index in [4.69, 9.17) is 0 Å². The molecule has 0 aliphatic rings. The summed E-state index contributed by atoms with van der Waals surface area (Å²) in [5.41, 5.74) is 1.82. The van der Waals surface area contributed by atoms with E-state index in [9.17, 15) is 0 Å². The molecule has 0 fully saturated rings. The van der Waals surface area contributed by atoms with Gasteiger partial charge in [-0.3, -0.25) is 0 Å². The van der Waals surface area contributed by atoms with E-state index >= 15 is 0 Å². The van der Waals surface area contributed by atoms with Crippen molar-refractivity contribution in [1.82, 2.24) is 0 Å². The molecule has 0 N–H and O–H groups in total. The normalized spacial score (nSPS) is 14.6. The van der Waals surface area contributed by atoms with Gasteiger partial charge in [0.25, 0.3) is 0 Å². The van der Waals surface area contributed by atoms with Crippen LogP contribution in [0, 0.1) is 16.7 Å². The summed E-state index contributed by atoms with van der Waals surface area (Å²) < 4.78 is 0. The van der Waals surface area contributed by atoms with Gasteiger partial charge in [-0.05, 0) is 28.7 Å². The number of rotatable bonds is 7. The van der Waals surface area contributed by atoms with Crippen LogP contribution in [0.5, 0.6) is 0 Å². The predicted octanol–water partition coefficient (Wildman–Crippen LogP) is 7.52. The fourth-order valence-electron chi connectivity index (χ4n) is 2.62. The maximum absolute atomic E-state index is 3.79. The molecular formula is C22H38. The molecule has 0 bridgehead atoms. The van der Waals surface area contributed by atoms with Gasteiger partial charge in [-0.15, -0.1) is 0 Å². The van der Waals surface area contributed by atoms with Crippen molar-refractivity contribution in [3.63, 3.8) is 0 Å². The average Bonchev–Trinajstić information content (AvgIpc) is 2.40. The fraction of sp³-hybridized carbons (Fsp3) is 0.545. The van der Waals surface area contributed by atoms with Crippen LogP contribution in [0.4, 0.5) is 0 Å². The van der Waals surface area contributed by atoms with E-state index in [2.05, 4.69) is 79.0 Å². The molecule has 126 valence electrons. The minimum Gasteiger partial charge on any atom is -0.0991 e. The minimum atomic E-state index is 0.216. The van der Waals surface area contributed by atoms with Crippen molar-refractivity contribution in [2.45, 2.75) is 61.8 Å². The molecular weight excluding hydrogens is 264 g/mol. The minimum absolute atomic E-state index is 0.216. The van der Waals surface area contributed by atoms with Crippen molar-refractivity contribution in [2.24, 2.45) is 16.7 Å². The van der Waals surface area contributed by atoms with E-state index in [0.717, 1.165) is 0 Å². The first-order valence-electron chi connectivity index (χ1n) is 8.42. The molecule has 0 amide bonds. The highest BCUT2D eigenvalue weighted by molar-refractivity contribution is 5.30. The number of hydrogen-bond acceptors (Lipinski definition) is 0. The maximum Gasteiger partial charge on any atom is -0.00102 e. The molecule has 0 saturated carbocycles. The van der Waals surface area contributed by atoms with Gasteiger partial charge in [0.05, 0.1) is 0 Å². The molecule has 0 aliphatic carbocycles. The van der Waals surface area contributed by atoms with E-state index in [1.165, 1.54) is 12.0 Å². The highest BCUT2D eigenvalue weighted by Gasteiger charge is 2.22. The molecule has 0 radical (unpaired) electrons. The SMILES string of the molecule is C=C/C=C\C(=C/C=C)C(C)/C=C/C(C)(C)CC(C)(C)C.CC. The van der Waals surface area contributed by atoms with Gasteiger partial charge in [-0.2, -0.15) is 0 Å². The smallest absolute Gasteiger partial charge is 0.00102 e. The predicted molar refractivity (Wildman–Crippen MR) is 105 cm³/mol. The number of allylic oxidation sites excluding steroid dienone is 8. The highest BCUT2D eigenvalue weighted by atomic mass is 14.3. The maximum atomic E-state index is 3.79. The van der Waals surface area contributed by atoms with Gasteiger partial charge in [0, 0.05) is 0 Å². The Kier molecular flexibility index (Phi) is 11.8. The van der Waals surface area contributed by atoms with Gasteiger partial charge in [0.1, 0.15) is 0 Å². The van der Waals surface area contributed by atoms with Crippen LogP contribution in [-0.2, 0) is 0 Å². The molecule has 0 aromatic rings. The van der Waals surface area contributed by atoms with Crippen molar-refractivity contribution in [1.29, 1.82) is 0 Å². The van der Waals surface area contributed by atoms with Gasteiger partial charge in [-0.1, -0.05) is 111 Å². The molecule has 0 aliphatic heterocycles. The molecule has 0 heterocycles. The van der Waals surface area contributed by atoms with E-state index in [1.807, 2.05) is 26.0 Å². The molecule has 0 heteroatoms. The summed E-state index contributed by atoms with van der Waals surface area (Å²) in [6, 6.07) is 0. The second-order valence-corrected chi connectivity index (χ2v) is 7.37. The van der Waals surface area contributed by atoms with Crippen LogP contribution in [0.15, 0.2) is 61.3 Å². The summed E-state index contributed by atoms with van der Waals surface area (Å²) in [5, 5.41) is 0. The monoisotopic (exact) mass is 302 g/mol. The van der Waals surface area contributed by atoms with E-state index in [0.29, 0.717) is 11.3 Å². The van der Waals surface area contributed by atoms with E-state index in [1.54, 1.807) is 6.08 Å². The van der Waals surface area contributed by atoms with Crippen LogP contribution in [0.25, 0.3) is 0 Å². The Balaban J connectivity index is 0. The molecule has 0 nitrogen and oxygen atoms in total. The van der Waals surface area contributed by atoms with Crippen LogP contribution < -0.4 is 0 Å². The average molecular weight is 303 g/mol. The van der Waals surface area contributed by atoms with Crippen molar-refractivity contribution in [3.8, 4) is 0 Å². The second-order valence-electron chi connectivity index (χ2n) is 7.37. The van der Waals surface area contributed by atoms with Crippen LogP contribution in [0.1, 0.15) is 61.8 Å². The number of hydrogen-bond donors (Lipinski definition) is 0. The fourth-order valence-corrected chi connectivity index (χ4v) is 2.62. The van der Waals surface area contributed by atoms with Gasteiger partial charge < -0.3 is 0 Å². The lowest BCUT2D eigenvalue weighted by molar-refractivity contribution is 0.261. The van der Waals surface area contributed by atoms with Crippen molar-refractivity contribution >= 4 is 0 Å². The second kappa shape index (κ2) is 11.3. The van der Waals surface area contributed by atoms with E-state index in [-0.39, 0.29) is 5.41 Å². The molecule has 1 unspecified atom stereocenters. The van der Waals surface area contributed by atoms with Crippen molar-refractivity contribution in [2.75, 3.05) is 0 Å². The lowest BCUT2D eigenvalue weighted by Crippen LogP contribution is -2.18. The first kappa shape index (κ1) is 23.0. The third kappa shape index (κ3) is 12.4. The van der Waals surface area contributed by atoms with Crippen LogP contribution in [-0.4, -0.2) is 0 Å². The zero-order valence-electron chi connectivity index (χ0n) is 16.2. The molecule has 0 aromatic heterocycles. The Morgan fingerprint density at radius 3 is 1.95 bits per heavy atom. The largest absolute Gasteiger partial charge is 0.0991 e. The highest BCUT2D eigenvalue weighted by Crippen LogP contribution is 2.34. The van der Waals surface area contributed by atoms with Gasteiger partial charge in [-0.25, -0.2) is 0 Å². The van der Waals surface area contributed by atoms with Gasteiger partial charge >= 0.3 is 0 Å². The topological polar surface area (TPSA) is 0 Å². The summed E-state index contributed by atoms with van der Waals surface area (Å²) in [5.74, 6) is 0.378. The lowest BCUT2D eigenvalue weighted by Gasteiger charge is -2.30. The third-order valence-corrected chi connectivity index (χ3v) is 3.08. The van der Waals surface area contributed by atoms with Crippen molar-refractivity contribution < 1.29 is 0 Å². The van der Waals surface area contributed by atoms with Crippen molar-refractivity contribution in [3.05, 3.63) is 61.3 Å². The van der Waals surface area contributed by atoms with E-state index < -0.39 is 0 Å². The molecule has 22 heavy (non-hydrogen) atoms. The quantitative estimate of drug-likeness (QED) is 0.337. The van der Waals surface area contributed by atoms with Gasteiger partial charge in [0.15, 0.2) is 0 Å². The summed E-state index contributed by atoms with van der Waals surface area (Å²) in [6.07, 6.45) is 15.6. The summed E-state index contributed by atoms with van der Waals surface area (Å²) in [4.78, 5) is 0. The van der Waals surface area contributed by atoms with Crippen LogP contribution >= 0.6 is 0 Å².